The predicted octanol–water partition coefficient (Wildman–Crippen LogP) is 3.55. The number of carboxylic acid groups (broad SMARTS) is 1. The zero-order valence-electron chi connectivity index (χ0n) is 12.5. The Hall–Kier alpha value is -1.99. The van der Waals surface area contributed by atoms with Gasteiger partial charge in [0.2, 0.25) is 0 Å². The van der Waals surface area contributed by atoms with E-state index in [1.807, 2.05) is 0 Å². The minimum atomic E-state index is -4.44. The number of alkyl halides is 3. The molecule has 0 bridgehead atoms. The molecule has 23 heavy (non-hydrogen) atoms. The van der Waals surface area contributed by atoms with Gasteiger partial charge in [0.25, 0.3) is 0 Å². The van der Waals surface area contributed by atoms with Crippen molar-refractivity contribution in [3.05, 3.63) is 24.0 Å². The lowest BCUT2D eigenvalue weighted by molar-refractivity contribution is -0.141. The summed E-state index contributed by atoms with van der Waals surface area (Å²) >= 11 is 0. The summed E-state index contributed by atoms with van der Waals surface area (Å²) in [5.41, 5.74) is -0.934. The Morgan fingerprint density at radius 2 is 1.91 bits per heavy atom. The summed E-state index contributed by atoms with van der Waals surface area (Å²) in [6.45, 7) is 0.901. The molecule has 0 atom stereocenters. The zero-order valence-corrected chi connectivity index (χ0v) is 12.5. The molecule has 0 spiro atoms. The largest absolute Gasteiger partial charge is 0.492 e. The molecule has 1 aromatic rings. The van der Waals surface area contributed by atoms with Gasteiger partial charge < -0.3 is 15.2 Å². The molecule has 1 aromatic heterocycles. The van der Waals surface area contributed by atoms with Crippen molar-refractivity contribution < 1.29 is 27.8 Å². The molecule has 1 amide bonds. The van der Waals surface area contributed by atoms with Crippen LogP contribution in [0, 0.1) is 11.8 Å². The molecule has 1 saturated carbocycles. The molecule has 0 aromatic carbocycles. The molecule has 1 heterocycles. The molecule has 2 N–H and O–H groups in total. The lowest BCUT2D eigenvalue weighted by Gasteiger charge is -2.28. The number of nitrogens with one attached hydrogen (secondary N) is 1. The third-order valence-corrected chi connectivity index (χ3v) is 4.02. The molecule has 0 aliphatic heterocycles. The molecule has 0 radical (unpaired) electrons. The van der Waals surface area contributed by atoms with Gasteiger partial charge in [-0.25, -0.2) is 9.78 Å². The summed E-state index contributed by atoms with van der Waals surface area (Å²) in [4.78, 5) is 13.8. The number of ether oxygens (including phenoxy) is 1. The fourth-order valence-corrected chi connectivity index (χ4v) is 2.68. The van der Waals surface area contributed by atoms with E-state index in [-0.39, 0.29) is 0 Å². The van der Waals surface area contributed by atoms with Crippen LogP contribution in [0.1, 0.15) is 31.4 Å². The molecule has 8 heteroatoms. The van der Waals surface area contributed by atoms with Crippen molar-refractivity contribution in [2.75, 3.05) is 13.2 Å². The minimum absolute atomic E-state index is 0.327. The van der Waals surface area contributed by atoms with Gasteiger partial charge in [0, 0.05) is 6.54 Å². The quantitative estimate of drug-likeness (QED) is 0.865. The topological polar surface area (TPSA) is 71.5 Å². The first kappa shape index (κ1) is 17.4. The summed E-state index contributed by atoms with van der Waals surface area (Å²) in [5, 5.41) is 11.0. The molecule has 1 fully saturated rings. The van der Waals surface area contributed by atoms with E-state index in [0.717, 1.165) is 37.9 Å². The molecule has 0 saturated heterocycles. The van der Waals surface area contributed by atoms with E-state index in [9.17, 15) is 18.0 Å². The van der Waals surface area contributed by atoms with Gasteiger partial charge in [-0.2, -0.15) is 13.2 Å². The highest BCUT2D eigenvalue weighted by Gasteiger charge is 2.32. The van der Waals surface area contributed by atoms with Gasteiger partial charge in [0.05, 0.1) is 12.8 Å². The zero-order chi connectivity index (χ0) is 16.9. The number of hydrogen-bond donors (Lipinski definition) is 2. The second-order valence-electron chi connectivity index (χ2n) is 5.76. The van der Waals surface area contributed by atoms with Gasteiger partial charge in [0.1, 0.15) is 11.4 Å². The second kappa shape index (κ2) is 7.52. The molecule has 1 aliphatic rings. The van der Waals surface area contributed by atoms with Crippen LogP contribution in [0.3, 0.4) is 0 Å². The Morgan fingerprint density at radius 3 is 2.43 bits per heavy atom. The Bertz CT molecular complexity index is 512. The first-order valence-electron chi connectivity index (χ1n) is 7.47. The number of aromatic nitrogens is 1. The maximum absolute atomic E-state index is 12.4. The summed E-state index contributed by atoms with van der Waals surface area (Å²) in [6.07, 6.45) is -0.698. The van der Waals surface area contributed by atoms with E-state index in [1.54, 1.807) is 0 Å². The third-order valence-electron chi connectivity index (χ3n) is 4.02. The number of hydrogen-bond acceptors (Lipinski definition) is 3. The van der Waals surface area contributed by atoms with Crippen molar-refractivity contribution >= 4 is 6.09 Å². The van der Waals surface area contributed by atoms with Crippen molar-refractivity contribution in [3.63, 3.8) is 0 Å². The van der Waals surface area contributed by atoms with Crippen LogP contribution in [0.5, 0.6) is 5.75 Å². The van der Waals surface area contributed by atoms with Crippen LogP contribution < -0.4 is 10.1 Å². The Balaban J connectivity index is 1.72. The van der Waals surface area contributed by atoms with Gasteiger partial charge in [0.15, 0.2) is 0 Å². The van der Waals surface area contributed by atoms with E-state index in [1.165, 1.54) is 6.07 Å². The average Bonchev–Trinajstić information content (AvgIpc) is 2.51. The fraction of sp³-hybridized carbons (Fsp3) is 0.600. The normalized spacial score (nSPS) is 21.7. The van der Waals surface area contributed by atoms with Crippen LogP contribution in [0.2, 0.25) is 0 Å². The van der Waals surface area contributed by atoms with Crippen molar-refractivity contribution in [2.24, 2.45) is 11.8 Å². The Kier molecular flexibility index (Phi) is 5.68. The number of pyridine rings is 1. The fourth-order valence-electron chi connectivity index (χ4n) is 2.68. The van der Waals surface area contributed by atoms with Gasteiger partial charge in [-0.3, -0.25) is 0 Å². The summed E-state index contributed by atoms with van der Waals surface area (Å²) in [5.74, 6) is 1.00. The van der Waals surface area contributed by atoms with E-state index in [2.05, 4.69) is 10.3 Å². The SMILES string of the molecule is O=C(O)NC[C@H]1CC[C@H](COc2ccc(C(F)(F)F)nc2)CC1. The van der Waals surface area contributed by atoms with Crippen molar-refractivity contribution in [2.45, 2.75) is 31.9 Å². The van der Waals surface area contributed by atoms with E-state index in [0.29, 0.717) is 30.7 Å². The lowest BCUT2D eigenvalue weighted by atomic mass is 9.82. The van der Waals surface area contributed by atoms with Crippen LogP contribution in [0.25, 0.3) is 0 Å². The Labute approximate surface area is 131 Å². The standard InChI is InChI=1S/C15H19F3N2O3/c16-15(17,18)13-6-5-12(8-19-13)23-9-11-3-1-10(2-4-11)7-20-14(21)22/h5-6,8,10-11,20H,1-4,7,9H2,(H,21,22)/t10-,11-. The number of amides is 1. The maximum atomic E-state index is 12.4. The molecular weight excluding hydrogens is 313 g/mol. The number of nitrogens with zero attached hydrogens (tertiary/aromatic N) is 1. The van der Waals surface area contributed by atoms with Gasteiger partial charge >= 0.3 is 12.3 Å². The van der Waals surface area contributed by atoms with Crippen LogP contribution in [-0.2, 0) is 6.18 Å². The first-order valence-corrected chi connectivity index (χ1v) is 7.47. The van der Waals surface area contributed by atoms with Crippen molar-refractivity contribution in [1.82, 2.24) is 10.3 Å². The predicted molar refractivity (Wildman–Crippen MR) is 76.2 cm³/mol. The van der Waals surface area contributed by atoms with E-state index >= 15 is 0 Å². The molecule has 0 unspecified atom stereocenters. The molecular formula is C15H19F3N2O3. The molecule has 2 rings (SSSR count). The Morgan fingerprint density at radius 1 is 1.26 bits per heavy atom. The number of rotatable bonds is 5. The highest BCUT2D eigenvalue weighted by Crippen LogP contribution is 2.30. The third kappa shape index (κ3) is 5.61. The summed E-state index contributed by atoms with van der Waals surface area (Å²) in [7, 11) is 0. The summed E-state index contributed by atoms with van der Waals surface area (Å²) in [6, 6.07) is 2.18. The first-order chi connectivity index (χ1) is 10.8. The number of carbonyl (C=O) groups is 1. The molecule has 1 aliphatic carbocycles. The van der Waals surface area contributed by atoms with Crippen molar-refractivity contribution in [1.29, 1.82) is 0 Å². The highest BCUT2D eigenvalue weighted by molar-refractivity contribution is 5.64. The lowest BCUT2D eigenvalue weighted by Crippen LogP contribution is -2.31. The van der Waals surface area contributed by atoms with Crippen LogP contribution in [0.4, 0.5) is 18.0 Å². The number of halogens is 3. The molecule has 5 nitrogen and oxygen atoms in total. The van der Waals surface area contributed by atoms with E-state index in [4.69, 9.17) is 9.84 Å². The van der Waals surface area contributed by atoms with Crippen LogP contribution in [-0.4, -0.2) is 29.3 Å². The smallest absolute Gasteiger partial charge is 0.433 e. The second-order valence-corrected chi connectivity index (χ2v) is 5.76. The van der Waals surface area contributed by atoms with E-state index < -0.39 is 18.0 Å². The van der Waals surface area contributed by atoms with Gasteiger partial charge in [-0.05, 0) is 49.7 Å². The van der Waals surface area contributed by atoms with Crippen LogP contribution in [0.15, 0.2) is 18.3 Å². The van der Waals surface area contributed by atoms with Crippen LogP contribution >= 0.6 is 0 Å². The van der Waals surface area contributed by atoms with Crippen molar-refractivity contribution in [3.8, 4) is 5.75 Å². The summed E-state index contributed by atoms with van der Waals surface area (Å²) < 4.78 is 42.7. The van der Waals surface area contributed by atoms with Gasteiger partial charge in [-0.1, -0.05) is 0 Å². The molecule has 128 valence electrons. The minimum Gasteiger partial charge on any atom is -0.492 e. The maximum Gasteiger partial charge on any atom is 0.433 e. The van der Waals surface area contributed by atoms with Gasteiger partial charge in [-0.15, -0.1) is 0 Å². The monoisotopic (exact) mass is 332 g/mol. The highest BCUT2D eigenvalue weighted by atomic mass is 19.4. The average molecular weight is 332 g/mol.